The van der Waals surface area contributed by atoms with Gasteiger partial charge in [-0.3, -0.25) is 14.2 Å². The predicted molar refractivity (Wildman–Crippen MR) is 112 cm³/mol. The minimum atomic E-state index is -4.64. The third-order valence-electron chi connectivity index (χ3n) is 4.65. The van der Waals surface area contributed by atoms with Gasteiger partial charge < -0.3 is 5.32 Å². The van der Waals surface area contributed by atoms with Crippen LogP contribution < -0.4 is 16.6 Å². The molecule has 3 aromatic rings. The number of nitrogens with zero attached hydrogens (tertiary/aromatic N) is 3. The number of hydrogen-bond donors (Lipinski definition) is 1. The van der Waals surface area contributed by atoms with Gasteiger partial charge in [0.25, 0.3) is 11.5 Å². The quantitative estimate of drug-likeness (QED) is 0.631. The van der Waals surface area contributed by atoms with Crippen molar-refractivity contribution in [2.45, 2.75) is 33.0 Å². The van der Waals surface area contributed by atoms with Crippen LogP contribution in [0.15, 0.2) is 58.1 Å². The van der Waals surface area contributed by atoms with Crippen LogP contribution in [-0.2, 0) is 12.7 Å². The molecule has 3 rings (SSSR count). The van der Waals surface area contributed by atoms with Gasteiger partial charge in [0.05, 0.1) is 17.8 Å². The molecule has 0 saturated carbocycles. The van der Waals surface area contributed by atoms with Crippen LogP contribution in [0.2, 0.25) is 0 Å². The number of nitrogens with one attached hydrogen (secondary N) is 1. The summed E-state index contributed by atoms with van der Waals surface area (Å²) in [6.07, 6.45) is -4.05. The molecule has 0 radical (unpaired) electrons. The van der Waals surface area contributed by atoms with E-state index in [2.05, 4.69) is 10.4 Å². The monoisotopic (exact) mass is 446 g/mol. The first-order valence-electron chi connectivity index (χ1n) is 9.87. The molecule has 1 amide bonds. The highest BCUT2D eigenvalue weighted by Crippen LogP contribution is 2.29. The molecule has 0 aliphatic heterocycles. The van der Waals surface area contributed by atoms with Gasteiger partial charge in [-0.15, -0.1) is 0 Å². The Morgan fingerprint density at radius 2 is 1.81 bits per heavy atom. The zero-order chi connectivity index (χ0) is 23.5. The molecule has 7 nitrogen and oxygen atoms in total. The average molecular weight is 446 g/mol. The third-order valence-corrected chi connectivity index (χ3v) is 4.65. The summed E-state index contributed by atoms with van der Waals surface area (Å²) in [4.78, 5) is 38.5. The number of alkyl halides is 3. The zero-order valence-electron chi connectivity index (χ0n) is 17.4. The van der Waals surface area contributed by atoms with Crippen LogP contribution in [0.5, 0.6) is 0 Å². The lowest BCUT2D eigenvalue weighted by molar-refractivity contribution is -0.137. The number of aromatic nitrogens is 3. The van der Waals surface area contributed by atoms with Gasteiger partial charge in [-0.1, -0.05) is 42.8 Å². The fraction of sp³-hybridized carbons (Fsp3) is 0.273. The molecule has 0 aliphatic rings. The molecule has 0 fully saturated rings. The summed E-state index contributed by atoms with van der Waals surface area (Å²) in [6, 6.07) is 11.0. The average Bonchev–Trinajstić information content (AvgIpc) is 2.74. The number of aryl methyl sites for hydroxylation is 1. The van der Waals surface area contributed by atoms with Crippen molar-refractivity contribution >= 4 is 5.91 Å². The van der Waals surface area contributed by atoms with E-state index in [1.165, 1.54) is 6.07 Å². The van der Waals surface area contributed by atoms with E-state index in [4.69, 9.17) is 0 Å². The maximum Gasteiger partial charge on any atom is 0.416 e. The highest BCUT2D eigenvalue weighted by atomic mass is 19.4. The van der Waals surface area contributed by atoms with Crippen molar-refractivity contribution in [1.29, 1.82) is 0 Å². The molecular weight excluding hydrogens is 425 g/mol. The minimum absolute atomic E-state index is 0.172. The van der Waals surface area contributed by atoms with Gasteiger partial charge in [-0.2, -0.15) is 23.0 Å². The lowest BCUT2D eigenvalue weighted by Crippen LogP contribution is -2.46. The van der Waals surface area contributed by atoms with Crippen molar-refractivity contribution in [1.82, 2.24) is 19.7 Å². The maximum atomic E-state index is 13.2. The van der Waals surface area contributed by atoms with Gasteiger partial charge in [0, 0.05) is 6.54 Å². The smallest absolute Gasteiger partial charge is 0.350 e. The highest BCUT2D eigenvalue weighted by molar-refractivity contribution is 5.91. The Labute approximate surface area is 181 Å². The molecule has 0 aliphatic carbocycles. The molecule has 10 heteroatoms. The SMILES string of the molecule is CCCNC(=O)c1nn(-c2cccc(C(F)(F)F)c2)c(=O)n(Cc2cccc(C)c2)c1=O. The predicted octanol–water partition coefficient (Wildman–Crippen LogP) is 2.91. The van der Waals surface area contributed by atoms with E-state index in [1.54, 1.807) is 18.2 Å². The number of hydrogen-bond acceptors (Lipinski definition) is 4. The number of halogens is 3. The number of rotatable bonds is 6. The van der Waals surface area contributed by atoms with Crippen molar-refractivity contribution in [3.8, 4) is 5.69 Å². The van der Waals surface area contributed by atoms with Crippen molar-refractivity contribution in [3.05, 3.63) is 91.8 Å². The zero-order valence-corrected chi connectivity index (χ0v) is 17.4. The normalized spacial score (nSPS) is 11.4. The molecule has 1 heterocycles. The van der Waals surface area contributed by atoms with Crippen LogP contribution >= 0.6 is 0 Å². The Hall–Kier alpha value is -3.69. The van der Waals surface area contributed by atoms with Crippen molar-refractivity contribution < 1.29 is 18.0 Å². The summed E-state index contributed by atoms with van der Waals surface area (Å²) in [5.41, 5.74) is -2.15. The Kier molecular flexibility index (Phi) is 6.61. The summed E-state index contributed by atoms with van der Waals surface area (Å²) in [7, 11) is 0. The molecule has 0 spiro atoms. The van der Waals surface area contributed by atoms with E-state index in [-0.39, 0.29) is 18.8 Å². The molecule has 2 aromatic carbocycles. The fourth-order valence-corrected chi connectivity index (χ4v) is 3.09. The fourth-order valence-electron chi connectivity index (χ4n) is 3.09. The second kappa shape index (κ2) is 9.21. The van der Waals surface area contributed by atoms with Gasteiger partial charge >= 0.3 is 11.9 Å². The number of carbonyl (C=O) groups excluding carboxylic acids is 1. The highest BCUT2D eigenvalue weighted by Gasteiger charge is 2.31. The van der Waals surface area contributed by atoms with Gasteiger partial charge in [0.1, 0.15) is 0 Å². The summed E-state index contributed by atoms with van der Waals surface area (Å²) >= 11 is 0. The summed E-state index contributed by atoms with van der Waals surface area (Å²) in [5.74, 6) is -0.810. The van der Waals surface area contributed by atoms with Crippen LogP contribution in [0.3, 0.4) is 0 Å². The molecule has 0 bridgehead atoms. The standard InChI is InChI=1S/C22H21F3N4O3/c1-3-10-26-19(30)18-20(31)28(13-15-7-4-6-14(2)11-15)21(32)29(27-18)17-9-5-8-16(12-17)22(23,24)25/h4-9,11-12H,3,10,13H2,1-2H3,(H,26,30). The molecule has 1 N–H and O–H groups in total. The first-order valence-corrected chi connectivity index (χ1v) is 9.87. The summed E-state index contributed by atoms with van der Waals surface area (Å²) in [5, 5.41) is 6.34. The van der Waals surface area contributed by atoms with Crippen LogP contribution in [0.1, 0.15) is 40.5 Å². The van der Waals surface area contributed by atoms with E-state index in [9.17, 15) is 27.6 Å². The largest absolute Gasteiger partial charge is 0.416 e. The summed E-state index contributed by atoms with van der Waals surface area (Å²) < 4.78 is 41.0. The lowest BCUT2D eigenvalue weighted by atomic mass is 10.1. The second-order valence-corrected chi connectivity index (χ2v) is 7.23. The van der Waals surface area contributed by atoms with Crippen LogP contribution in [0, 0.1) is 6.92 Å². The topological polar surface area (TPSA) is 86.0 Å². The Morgan fingerprint density at radius 3 is 2.47 bits per heavy atom. The summed E-state index contributed by atoms with van der Waals surface area (Å²) in [6.45, 7) is 3.74. The Morgan fingerprint density at radius 1 is 1.09 bits per heavy atom. The third kappa shape index (κ3) is 4.96. The number of carbonyl (C=O) groups is 1. The number of amides is 1. The molecular formula is C22H21F3N4O3. The first-order chi connectivity index (χ1) is 15.1. The molecule has 32 heavy (non-hydrogen) atoms. The first kappa shape index (κ1) is 23.0. The van der Waals surface area contributed by atoms with E-state index in [1.807, 2.05) is 19.9 Å². The minimum Gasteiger partial charge on any atom is -0.350 e. The lowest BCUT2D eigenvalue weighted by Gasteiger charge is -2.14. The molecule has 1 aromatic heterocycles. The van der Waals surface area contributed by atoms with E-state index < -0.39 is 34.6 Å². The van der Waals surface area contributed by atoms with Crippen molar-refractivity contribution in [2.24, 2.45) is 0 Å². The Balaban J connectivity index is 2.22. The van der Waals surface area contributed by atoms with Gasteiger partial charge in [-0.05, 0) is 37.1 Å². The van der Waals surface area contributed by atoms with E-state index in [0.717, 1.165) is 28.3 Å². The molecule has 0 unspecified atom stereocenters. The Bertz CT molecular complexity index is 1260. The van der Waals surface area contributed by atoms with Crippen LogP contribution in [-0.4, -0.2) is 26.8 Å². The van der Waals surface area contributed by atoms with Crippen molar-refractivity contribution in [3.63, 3.8) is 0 Å². The van der Waals surface area contributed by atoms with Gasteiger partial charge in [0.15, 0.2) is 0 Å². The van der Waals surface area contributed by atoms with Crippen molar-refractivity contribution in [2.75, 3.05) is 6.54 Å². The van der Waals surface area contributed by atoms with Crippen LogP contribution in [0.25, 0.3) is 5.69 Å². The molecule has 0 saturated heterocycles. The molecule has 0 atom stereocenters. The number of benzene rings is 2. The van der Waals surface area contributed by atoms with Crippen LogP contribution in [0.4, 0.5) is 13.2 Å². The van der Waals surface area contributed by atoms with E-state index in [0.29, 0.717) is 16.7 Å². The molecule has 168 valence electrons. The van der Waals surface area contributed by atoms with Gasteiger partial charge in [0.2, 0.25) is 5.69 Å². The second-order valence-electron chi connectivity index (χ2n) is 7.23. The maximum absolute atomic E-state index is 13.2. The van der Waals surface area contributed by atoms with E-state index >= 15 is 0 Å². The van der Waals surface area contributed by atoms with Gasteiger partial charge in [-0.25, -0.2) is 4.79 Å².